The minimum absolute atomic E-state index is 0.0263. The van der Waals surface area contributed by atoms with Gasteiger partial charge in [-0.05, 0) is 40.4 Å². The lowest BCUT2D eigenvalue weighted by Crippen LogP contribution is -1.96. The molecule has 0 saturated heterocycles. The van der Waals surface area contributed by atoms with E-state index in [0.717, 1.165) is 4.68 Å². The van der Waals surface area contributed by atoms with Gasteiger partial charge >= 0.3 is 0 Å². The van der Waals surface area contributed by atoms with E-state index in [1.165, 1.54) is 0 Å². The third-order valence-corrected chi connectivity index (χ3v) is 1.83. The Morgan fingerprint density at radius 3 is 3.38 bits per heavy atom. The first-order valence-electron chi connectivity index (χ1n) is 7.26. The summed E-state index contributed by atoms with van der Waals surface area (Å²) < 4.78 is 60.9. The van der Waals surface area contributed by atoms with Gasteiger partial charge in [-0.2, -0.15) is 5.10 Å². The van der Waals surface area contributed by atoms with Crippen LogP contribution < -0.4 is 0 Å². The van der Waals surface area contributed by atoms with Crippen molar-refractivity contribution >= 4 is 15.9 Å². The van der Waals surface area contributed by atoms with E-state index in [9.17, 15) is 0 Å². The lowest BCUT2D eigenvalue weighted by atomic mass is 10.4. The summed E-state index contributed by atoms with van der Waals surface area (Å²) in [4.78, 5) is 3.68. The van der Waals surface area contributed by atoms with Gasteiger partial charge < -0.3 is 0 Å². The topological polar surface area (TPSA) is 30.7 Å². The molecule has 0 atom stereocenters. The Balaban J connectivity index is 2.79. The van der Waals surface area contributed by atoms with Gasteiger partial charge in [0, 0.05) is 16.5 Å². The summed E-state index contributed by atoms with van der Waals surface area (Å²) in [5.41, 5.74) is -0.694. The van der Waals surface area contributed by atoms with E-state index in [0.29, 0.717) is 0 Å². The molecule has 0 fully saturated rings. The van der Waals surface area contributed by atoms with Crippen LogP contribution >= 0.6 is 15.9 Å². The van der Waals surface area contributed by atoms with Crippen molar-refractivity contribution in [2.75, 3.05) is 0 Å². The Morgan fingerprint density at radius 1 is 1.69 bits per heavy atom. The number of halogens is 1. The van der Waals surface area contributed by atoms with Gasteiger partial charge in [-0.15, -0.1) is 0 Å². The van der Waals surface area contributed by atoms with Gasteiger partial charge in [0.05, 0.1) is 18.7 Å². The molecule has 2 heterocycles. The van der Waals surface area contributed by atoms with Crippen LogP contribution in [0.4, 0.5) is 0 Å². The van der Waals surface area contributed by atoms with E-state index >= 15 is 0 Å². The third kappa shape index (κ3) is 1.62. The highest BCUT2D eigenvalue weighted by Gasteiger charge is 2.02. The minimum Gasteiger partial charge on any atom is -0.247 e. The molecule has 0 aliphatic heterocycles. The molecule has 2 aromatic rings. The zero-order valence-corrected chi connectivity index (χ0v) is 7.81. The Kier molecular flexibility index (Phi) is 0.813. The van der Waals surface area contributed by atoms with E-state index in [-0.39, 0.29) is 10.3 Å². The second-order valence-corrected chi connectivity index (χ2v) is 2.87. The fraction of sp³-hybridized carbons (Fsp3) is 0.111. The van der Waals surface area contributed by atoms with Crippen LogP contribution in [-0.2, 0) is 0 Å². The molecule has 66 valence electrons. The number of nitrogens with zero attached hydrogens (tertiary/aromatic N) is 3. The van der Waals surface area contributed by atoms with Gasteiger partial charge in [0.15, 0.2) is 0 Å². The minimum atomic E-state index is -2.69. The van der Waals surface area contributed by atoms with Crippen molar-refractivity contribution in [3.63, 3.8) is 0 Å². The monoisotopic (exact) mass is 245 g/mol. The molecule has 2 rings (SSSR count). The molecule has 2 aromatic heterocycles. The maximum Gasteiger partial charge on any atom is 0.131 e. The van der Waals surface area contributed by atoms with Crippen LogP contribution in [0.2, 0.25) is 0 Å². The Hall–Kier alpha value is -1.16. The van der Waals surface area contributed by atoms with E-state index in [1.54, 1.807) is 0 Å². The van der Waals surface area contributed by atoms with Gasteiger partial charge in [-0.3, -0.25) is 0 Å². The SMILES string of the molecule is [2H]c1nc(Br)c(-n2nc([2H])c(C([2H])([2H])[2H])c2[2H])c([2H])c1[2H]. The highest BCUT2D eigenvalue weighted by atomic mass is 79.9. The van der Waals surface area contributed by atoms with Crippen LogP contribution in [-0.4, -0.2) is 14.8 Å². The van der Waals surface area contributed by atoms with Gasteiger partial charge in [-0.1, -0.05) is 0 Å². The molecule has 0 spiro atoms. The highest BCUT2D eigenvalue weighted by Crippen LogP contribution is 2.16. The van der Waals surface area contributed by atoms with Crippen molar-refractivity contribution in [2.24, 2.45) is 0 Å². The van der Waals surface area contributed by atoms with Crippen LogP contribution in [0.15, 0.2) is 35.2 Å². The molecule has 4 heteroatoms. The van der Waals surface area contributed by atoms with Crippen LogP contribution in [0.1, 0.15) is 16.5 Å². The number of hydrogen-bond acceptors (Lipinski definition) is 2. The first-order valence-corrected chi connectivity index (χ1v) is 4.05. The maximum absolute atomic E-state index is 7.86. The van der Waals surface area contributed by atoms with Crippen molar-refractivity contribution in [2.45, 2.75) is 6.85 Å². The summed E-state index contributed by atoms with van der Waals surface area (Å²) in [6.07, 6.45) is -1.61. The molecule has 0 amide bonds. The van der Waals surface area contributed by atoms with Gasteiger partial charge in [-0.25, -0.2) is 9.67 Å². The Labute approximate surface area is 95.8 Å². The molecule has 0 bridgehead atoms. The van der Waals surface area contributed by atoms with Crippen molar-refractivity contribution in [3.05, 3.63) is 40.8 Å². The summed E-state index contributed by atoms with van der Waals surface area (Å²) in [7, 11) is 0. The summed E-state index contributed by atoms with van der Waals surface area (Å²) in [5.74, 6) is 0. The van der Waals surface area contributed by atoms with E-state index in [1.807, 2.05) is 0 Å². The summed E-state index contributed by atoms with van der Waals surface area (Å²) in [6.45, 7) is -2.69. The third-order valence-electron chi connectivity index (χ3n) is 1.28. The largest absolute Gasteiger partial charge is 0.247 e. The number of hydrogen-bond donors (Lipinski definition) is 0. The molecular formula is C9H8BrN3. The van der Waals surface area contributed by atoms with Gasteiger partial charge in [0.2, 0.25) is 0 Å². The fourth-order valence-corrected chi connectivity index (χ4v) is 1.13. The molecule has 3 nitrogen and oxygen atoms in total. The molecular weight excluding hydrogens is 230 g/mol. The number of pyridine rings is 1. The molecule has 0 unspecified atom stereocenters. The van der Waals surface area contributed by atoms with Crippen LogP contribution in [0.25, 0.3) is 5.69 Å². The van der Waals surface area contributed by atoms with E-state index < -0.39 is 43.0 Å². The zero-order chi connectivity index (χ0) is 16.1. The smallest absolute Gasteiger partial charge is 0.131 e. The lowest BCUT2D eigenvalue weighted by Gasteiger charge is -2.01. The second-order valence-electron chi connectivity index (χ2n) is 2.12. The Bertz CT molecular complexity index is 723. The van der Waals surface area contributed by atoms with Crippen molar-refractivity contribution in [3.8, 4) is 5.69 Å². The average molecular weight is 246 g/mol. The molecule has 0 saturated carbocycles. The van der Waals surface area contributed by atoms with Crippen molar-refractivity contribution in [1.29, 1.82) is 0 Å². The van der Waals surface area contributed by atoms with Crippen molar-refractivity contribution < 1.29 is 11.0 Å². The zero-order valence-electron chi connectivity index (χ0n) is 14.2. The predicted octanol–water partition coefficient (Wildman–Crippen LogP) is 2.34. The predicted molar refractivity (Wildman–Crippen MR) is 53.8 cm³/mol. The first-order chi connectivity index (χ1) is 9.55. The molecule has 0 radical (unpaired) electrons. The highest BCUT2D eigenvalue weighted by molar-refractivity contribution is 9.10. The summed E-state index contributed by atoms with van der Waals surface area (Å²) in [5, 5.41) is 3.64. The van der Waals surface area contributed by atoms with Crippen LogP contribution in [0.3, 0.4) is 0 Å². The quantitative estimate of drug-likeness (QED) is 0.723. The lowest BCUT2D eigenvalue weighted by molar-refractivity contribution is 0.867. The van der Waals surface area contributed by atoms with Crippen LogP contribution in [0, 0.1) is 6.85 Å². The molecule has 0 N–H and O–H groups in total. The summed E-state index contributed by atoms with van der Waals surface area (Å²) in [6, 6.07) is -0.917. The molecule has 13 heavy (non-hydrogen) atoms. The standard InChI is InChI=1S/C9H8BrN3/c1-7-5-12-13(6-7)8-3-2-4-11-9(8)10/h2-6H,1H3/i1D3,2D,3D,4D,5D,6D. The second kappa shape index (κ2) is 3.30. The normalized spacial score (nSPS) is 20.1. The molecule has 0 aromatic carbocycles. The average Bonchev–Trinajstić information content (AvgIpc) is 2.61. The number of rotatable bonds is 1. The van der Waals surface area contributed by atoms with E-state index in [4.69, 9.17) is 11.0 Å². The molecule has 0 aliphatic rings. The summed E-state index contributed by atoms with van der Waals surface area (Å²) >= 11 is 3.01. The van der Waals surface area contributed by atoms with E-state index in [2.05, 4.69) is 26.0 Å². The fourth-order valence-electron chi connectivity index (χ4n) is 0.771. The molecule has 0 aliphatic carbocycles. The maximum atomic E-state index is 7.86. The van der Waals surface area contributed by atoms with Gasteiger partial charge in [0.1, 0.15) is 4.60 Å². The van der Waals surface area contributed by atoms with Gasteiger partial charge in [0.25, 0.3) is 0 Å². The first kappa shape index (κ1) is 3.20. The Morgan fingerprint density at radius 2 is 2.62 bits per heavy atom. The number of aromatic nitrogens is 3. The van der Waals surface area contributed by atoms with Crippen molar-refractivity contribution in [1.82, 2.24) is 14.8 Å². The van der Waals surface area contributed by atoms with Crippen LogP contribution in [0.5, 0.6) is 0 Å².